The van der Waals surface area contributed by atoms with Gasteiger partial charge in [0.15, 0.2) is 0 Å². The molecule has 1 saturated heterocycles. The first-order valence-electron chi connectivity index (χ1n) is 9.51. The molecule has 0 aromatic heterocycles. The lowest BCUT2D eigenvalue weighted by Crippen LogP contribution is -2.27. The zero-order chi connectivity index (χ0) is 23.5. The van der Waals surface area contributed by atoms with E-state index in [1.807, 2.05) is 0 Å². The minimum atomic E-state index is -0.469. The number of imide groups is 1. The average Bonchev–Trinajstić information content (AvgIpc) is 3.06. The van der Waals surface area contributed by atoms with Crippen molar-refractivity contribution in [1.29, 1.82) is 0 Å². The number of halogens is 2. The summed E-state index contributed by atoms with van der Waals surface area (Å²) in [4.78, 5) is 36.8. The summed E-state index contributed by atoms with van der Waals surface area (Å²) in [6.07, 6.45) is 1.58. The first kappa shape index (κ1) is 22.8. The summed E-state index contributed by atoms with van der Waals surface area (Å²) in [5, 5.41) is 10.9. The van der Waals surface area contributed by atoms with Crippen LogP contribution in [0.2, 0.25) is 10.0 Å². The minimum Gasteiger partial charge on any atom is -0.487 e. The van der Waals surface area contributed by atoms with Crippen LogP contribution >= 0.6 is 35.0 Å². The zero-order valence-corrected chi connectivity index (χ0v) is 19.1. The molecule has 10 heteroatoms. The van der Waals surface area contributed by atoms with Crippen LogP contribution in [0, 0.1) is 10.1 Å². The number of ether oxygens (including phenoxy) is 1. The number of hydrogen-bond acceptors (Lipinski definition) is 6. The molecule has 33 heavy (non-hydrogen) atoms. The molecule has 2 amide bonds. The number of nitro groups is 1. The second kappa shape index (κ2) is 9.66. The van der Waals surface area contributed by atoms with Crippen LogP contribution in [0.1, 0.15) is 11.1 Å². The summed E-state index contributed by atoms with van der Waals surface area (Å²) in [6.45, 7) is 0.174. The maximum absolute atomic E-state index is 12.8. The molecule has 0 radical (unpaired) electrons. The van der Waals surface area contributed by atoms with Gasteiger partial charge in [-0.3, -0.25) is 19.7 Å². The number of benzene rings is 3. The third-order valence-corrected chi connectivity index (χ3v) is 6.17. The molecule has 1 aliphatic heterocycles. The quantitative estimate of drug-likeness (QED) is 0.212. The lowest BCUT2D eigenvalue weighted by molar-refractivity contribution is -0.384. The van der Waals surface area contributed by atoms with Gasteiger partial charge in [0, 0.05) is 12.1 Å². The van der Waals surface area contributed by atoms with E-state index in [-0.39, 0.29) is 17.2 Å². The van der Waals surface area contributed by atoms with Crippen LogP contribution in [0.4, 0.5) is 16.2 Å². The number of thioether (sulfide) groups is 1. The zero-order valence-electron chi connectivity index (χ0n) is 16.7. The fourth-order valence-electron chi connectivity index (χ4n) is 3.06. The smallest absolute Gasteiger partial charge is 0.298 e. The van der Waals surface area contributed by atoms with Crippen LogP contribution < -0.4 is 9.64 Å². The van der Waals surface area contributed by atoms with Gasteiger partial charge in [-0.05, 0) is 65.4 Å². The summed E-state index contributed by atoms with van der Waals surface area (Å²) in [7, 11) is 0. The molecule has 0 aliphatic carbocycles. The first-order valence-corrected chi connectivity index (χ1v) is 11.1. The number of para-hydroxylation sites is 1. The highest BCUT2D eigenvalue weighted by atomic mass is 35.5. The van der Waals surface area contributed by atoms with E-state index in [1.165, 1.54) is 12.1 Å². The Labute approximate surface area is 202 Å². The van der Waals surface area contributed by atoms with Crippen molar-refractivity contribution in [3.05, 3.63) is 103 Å². The molecular weight excluding hydrogens is 487 g/mol. The number of carbonyl (C=O) groups is 2. The van der Waals surface area contributed by atoms with Crippen molar-refractivity contribution >= 4 is 63.6 Å². The van der Waals surface area contributed by atoms with Gasteiger partial charge in [-0.15, -0.1) is 0 Å². The summed E-state index contributed by atoms with van der Waals surface area (Å²) in [5.74, 6) is -0.0518. The fraction of sp³-hybridized carbons (Fsp3) is 0.0435. The lowest BCUT2D eigenvalue weighted by atomic mass is 10.2. The molecule has 1 heterocycles. The van der Waals surface area contributed by atoms with Crippen molar-refractivity contribution < 1.29 is 19.2 Å². The first-order chi connectivity index (χ1) is 15.8. The van der Waals surface area contributed by atoms with Gasteiger partial charge in [0.2, 0.25) is 0 Å². The Bertz CT molecular complexity index is 1290. The number of amides is 2. The number of anilines is 1. The Morgan fingerprint density at radius 2 is 1.73 bits per heavy atom. The Morgan fingerprint density at radius 1 is 1.00 bits per heavy atom. The van der Waals surface area contributed by atoms with E-state index in [0.29, 0.717) is 27.0 Å². The molecule has 0 N–H and O–H groups in total. The largest absolute Gasteiger partial charge is 0.487 e. The second-order valence-corrected chi connectivity index (χ2v) is 8.68. The van der Waals surface area contributed by atoms with Gasteiger partial charge in [-0.1, -0.05) is 41.4 Å². The van der Waals surface area contributed by atoms with E-state index in [1.54, 1.807) is 60.7 Å². The number of carbonyl (C=O) groups excluding carboxylic acids is 2. The van der Waals surface area contributed by atoms with Gasteiger partial charge in [-0.2, -0.15) is 0 Å². The van der Waals surface area contributed by atoms with Gasteiger partial charge >= 0.3 is 0 Å². The number of non-ortho nitro benzene ring substituents is 1. The van der Waals surface area contributed by atoms with E-state index in [9.17, 15) is 19.7 Å². The highest BCUT2D eigenvalue weighted by Gasteiger charge is 2.37. The third-order valence-electron chi connectivity index (χ3n) is 4.68. The van der Waals surface area contributed by atoms with Crippen molar-refractivity contribution in [3.8, 4) is 5.75 Å². The predicted molar refractivity (Wildman–Crippen MR) is 129 cm³/mol. The molecule has 4 rings (SSSR count). The predicted octanol–water partition coefficient (Wildman–Crippen LogP) is 6.72. The Morgan fingerprint density at radius 3 is 2.39 bits per heavy atom. The Balaban J connectivity index is 1.47. The summed E-state index contributed by atoms with van der Waals surface area (Å²) in [5.41, 5.74) is 1.69. The molecule has 3 aromatic rings. The summed E-state index contributed by atoms with van der Waals surface area (Å²) < 4.78 is 5.70. The molecule has 0 atom stereocenters. The number of hydrogen-bond donors (Lipinski definition) is 0. The highest BCUT2D eigenvalue weighted by Crippen LogP contribution is 2.39. The molecule has 0 bridgehead atoms. The third kappa shape index (κ3) is 5.03. The number of rotatable bonds is 6. The van der Waals surface area contributed by atoms with Crippen LogP contribution in [0.5, 0.6) is 5.75 Å². The summed E-state index contributed by atoms with van der Waals surface area (Å²) >= 11 is 13.3. The van der Waals surface area contributed by atoms with Gasteiger partial charge in [0.1, 0.15) is 12.4 Å². The summed E-state index contributed by atoms with van der Waals surface area (Å²) in [6, 6.07) is 17.6. The maximum Gasteiger partial charge on any atom is 0.298 e. The van der Waals surface area contributed by atoms with E-state index in [2.05, 4.69) is 0 Å². The number of nitro benzene ring substituents is 1. The lowest BCUT2D eigenvalue weighted by Gasteiger charge is -2.13. The van der Waals surface area contributed by atoms with Crippen LogP contribution in [-0.2, 0) is 11.4 Å². The second-order valence-electron chi connectivity index (χ2n) is 6.87. The molecule has 0 spiro atoms. The standard InChI is InChI=1S/C23H14Cl2N2O5S/c24-17-3-1-2-4-19(17)26-22(28)21(33-23(26)29)12-15-7-10-20(18(25)11-15)32-13-14-5-8-16(9-6-14)27(30)31/h1-12H,13H2/b21-12-. The minimum absolute atomic E-state index is 0.0000788. The van der Waals surface area contributed by atoms with Gasteiger partial charge in [0.05, 0.1) is 25.6 Å². The molecule has 3 aromatic carbocycles. The topological polar surface area (TPSA) is 89.7 Å². The molecular formula is C23H14Cl2N2O5S. The molecule has 166 valence electrons. The van der Waals surface area contributed by atoms with Crippen molar-refractivity contribution in [2.45, 2.75) is 6.61 Å². The number of nitrogens with zero attached hydrogens (tertiary/aromatic N) is 2. The molecule has 0 saturated carbocycles. The van der Waals surface area contributed by atoms with Crippen molar-refractivity contribution in [2.24, 2.45) is 0 Å². The molecule has 1 fully saturated rings. The fourth-order valence-corrected chi connectivity index (χ4v) is 4.36. The Kier molecular flexibility index (Phi) is 6.69. The van der Waals surface area contributed by atoms with E-state index in [0.717, 1.165) is 22.2 Å². The highest BCUT2D eigenvalue weighted by molar-refractivity contribution is 8.19. The van der Waals surface area contributed by atoms with Crippen LogP contribution in [0.25, 0.3) is 6.08 Å². The van der Waals surface area contributed by atoms with Crippen LogP contribution in [0.3, 0.4) is 0 Å². The van der Waals surface area contributed by atoms with Gasteiger partial charge in [0.25, 0.3) is 16.8 Å². The monoisotopic (exact) mass is 500 g/mol. The van der Waals surface area contributed by atoms with Crippen molar-refractivity contribution in [2.75, 3.05) is 4.90 Å². The van der Waals surface area contributed by atoms with Crippen LogP contribution in [-0.4, -0.2) is 16.1 Å². The van der Waals surface area contributed by atoms with Gasteiger partial charge in [-0.25, -0.2) is 4.90 Å². The molecule has 1 aliphatic rings. The van der Waals surface area contributed by atoms with E-state index < -0.39 is 16.1 Å². The van der Waals surface area contributed by atoms with E-state index in [4.69, 9.17) is 27.9 Å². The maximum atomic E-state index is 12.8. The normalized spacial score (nSPS) is 14.7. The van der Waals surface area contributed by atoms with Gasteiger partial charge < -0.3 is 4.74 Å². The van der Waals surface area contributed by atoms with Crippen molar-refractivity contribution in [3.63, 3.8) is 0 Å². The van der Waals surface area contributed by atoms with E-state index >= 15 is 0 Å². The Hall–Kier alpha value is -3.33. The molecule has 7 nitrogen and oxygen atoms in total. The van der Waals surface area contributed by atoms with Crippen LogP contribution in [0.15, 0.2) is 71.6 Å². The van der Waals surface area contributed by atoms with Crippen molar-refractivity contribution in [1.82, 2.24) is 0 Å². The average molecular weight is 501 g/mol. The molecule has 0 unspecified atom stereocenters. The SMILES string of the molecule is O=C1S/C(=C\c2ccc(OCc3ccc([N+](=O)[O-])cc3)c(Cl)c2)C(=O)N1c1ccccc1Cl.